The quantitative estimate of drug-likeness (QED) is 0.860. The molecule has 5 nitrogen and oxygen atoms in total. The van der Waals surface area contributed by atoms with Gasteiger partial charge in [0.25, 0.3) is 0 Å². The molecule has 0 saturated carbocycles. The third-order valence-electron chi connectivity index (χ3n) is 5.31. The molecule has 5 heteroatoms. The molecule has 0 aromatic heterocycles. The molecule has 0 unspecified atom stereocenters. The molecule has 1 heterocycles. The van der Waals surface area contributed by atoms with Crippen LogP contribution < -0.4 is 10.1 Å². The smallest absolute Gasteiger partial charge is 0.227 e. The Kier molecular flexibility index (Phi) is 6.34. The lowest BCUT2D eigenvalue weighted by molar-refractivity contribution is -0.133. The van der Waals surface area contributed by atoms with Crippen molar-refractivity contribution in [3.63, 3.8) is 0 Å². The van der Waals surface area contributed by atoms with Crippen molar-refractivity contribution >= 4 is 17.5 Å². The van der Waals surface area contributed by atoms with Crippen LogP contribution in [-0.4, -0.2) is 36.9 Å². The molecule has 0 radical (unpaired) electrons. The Balaban J connectivity index is 1.53. The fraction of sp³-hybridized carbons (Fsp3) is 0.391. The van der Waals surface area contributed by atoms with Gasteiger partial charge in [-0.15, -0.1) is 0 Å². The number of benzene rings is 2. The number of rotatable bonds is 5. The molecule has 0 bridgehead atoms. The Morgan fingerprint density at radius 1 is 1.04 bits per heavy atom. The van der Waals surface area contributed by atoms with Gasteiger partial charge in [0.1, 0.15) is 5.75 Å². The van der Waals surface area contributed by atoms with Crippen molar-refractivity contribution in [3.8, 4) is 5.75 Å². The van der Waals surface area contributed by atoms with Gasteiger partial charge in [0.05, 0.1) is 19.2 Å². The van der Waals surface area contributed by atoms with Gasteiger partial charge in [-0.25, -0.2) is 0 Å². The van der Waals surface area contributed by atoms with Gasteiger partial charge < -0.3 is 15.0 Å². The molecule has 2 aromatic carbocycles. The third-order valence-corrected chi connectivity index (χ3v) is 5.31. The summed E-state index contributed by atoms with van der Waals surface area (Å²) in [5.41, 5.74) is 3.98. The standard InChI is InChI=1S/C23H28N2O3/c1-16-4-7-18(8-5-16)15-22(26)25-12-10-19(11-13-25)23(27)24-20-14-17(2)6-9-21(20)28-3/h4-9,14,19H,10-13,15H2,1-3H3,(H,24,27). The molecule has 1 fully saturated rings. The summed E-state index contributed by atoms with van der Waals surface area (Å²) in [5, 5.41) is 2.99. The highest BCUT2D eigenvalue weighted by Crippen LogP contribution is 2.27. The van der Waals surface area contributed by atoms with E-state index in [1.807, 2.05) is 61.2 Å². The van der Waals surface area contributed by atoms with Crippen molar-refractivity contribution in [2.45, 2.75) is 33.1 Å². The van der Waals surface area contributed by atoms with Crippen LogP contribution >= 0.6 is 0 Å². The minimum Gasteiger partial charge on any atom is -0.495 e. The van der Waals surface area contributed by atoms with Crippen molar-refractivity contribution in [1.29, 1.82) is 0 Å². The van der Waals surface area contributed by atoms with E-state index in [0.717, 1.165) is 11.1 Å². The van der Waals surface area contributed by atoms with Gasteiger partial charge in [0.2, 0.25) is 11.8 Å². The summed E-state index contributed by atoms with van der Waals surface area (Å²) in [7, 11) is 1.60. The maximum atomic E-state index is 12.7. The van der Waals surface area contributed by atoms with E-state index in [9.17, 15) is 9.59 Å². The van der Waals surface area contributed by atoms with E-state index in [-0.39, 0.29) is 17.7 Å². The molecule has 1 aliphatic rings. The summed E-state index contributed by atoms with van der Waals surface area (Å²) in [5.74, 6) is 0.691. The zero-order valence-corrected chi connectivity index (χ0v) is 16.8. The van der Waals surface area contributed by atoms with Crippen molar-refractivity contribution in [1.82, 2.24) is 4.90 Å². The van der Waals surface area contributed by atoms with E-state index in [2.05, 4.69) is 5.32 Å². The van der Waals surface area contributed by atoms with Gasteiger partial charge in [0, 0.05) is 19.0 Å². The summed E-state index contributed by atoms with van der Waals surface area (Å²) in [6.07, 6.45) is 1.77. The summed E-state index contributed by atoms with van der Waals surface area (Å²) in [4.78, 5) is 27.1. The maximum Gasteiger partial charge on any atom is 0.227 e. The zero-order valence-electron chi connectivity index (χ0n) is 16.8. The van der Waals surface area contributed by atoms with Gasteiger partial charge >= 0.3 is 0 Å². The number of likely N-dealkylation sites (tertiary alicyclic amines) is 1. The van der Waals surface area contributed by atoms with E-state index in [4.69, 9.17) is 4.74 Å². The number of anilines is 1. The predicted octanol–water partition coefficient (Wildman–Crippen LogP) is 3.73. The highest BCUT2D eigenvalue weighted by molar-refractivity contribution is 5.94. The molecule has 0 aliphatic carbocycles. The SMILES string of the molecule is COc1ccc(C)cc1NC(=O)C1CCN(C(=O)Cc2ccc(C)cc2)CC1. The van der Waals surface area contributed by atoms with E-state index >= 15 is 0 Å². The molecule has 148 valence electrons. The monoisotopic (exact) mass is 380 g/mol. The number of methoxy groups -OCH3 is 1. The summed E-state index contributed by atoms with van der Waals surface area (Å²) >= 11 is 0. The molecule has 1 N–H and O–H groups in total. The Bertz CT molecular complexity index is 837. The van der Waals surface area contributed by atoms with Crippen LogP contribution in [0, 0.1) is 19.8 Å². The zero-order chi connectivity index (χ0) is 20.1. The van der Waals surface area contributed by atoms with Crippen molar-refractivity contribution < 1.29 is 14.3 Å². The molecule has 0 atom stereocenters. The molecule has 28 heavy (non-hydrogen) atoms. The molecular formula is C23H28N2O3. The number of aryl methyl sites for hydroxylation is 2. The summed E-state index contributed by atoms with van der Waals surface area (Å²) in [6.45, 7) is 5.25. The largest absolute Gasteiger partial charge is 0.495 e. The molecular weight excluding hydrogens is 352 g/mol. The number of hydrogen-bond acceptors (Lipinski definition) is 3. The van der Waals surface area contributed by atoms with Gasteiger partial charge in [0.15, 0.2) is 0 Å². The normalized spacial score (nSPS) is 14.6. The number of piperidine rings is 1. The van der Waals surface area contributed by atoms with E-state index < -0.39 is 0 Å². The Labute approximate surface area is 166 Å². The molecule has 0 spiro atoms. The van der Waals surface area contributed by atoms with Crippen LogP contribution in [0.4, 0.5) is 5.69 Å². The lowest BCUT2D eigenvalue weighted by Gasteiger charge is -2.31. The second kappa shape index (κ2) is 8.91. The fourth-order valence-electron chi connectivity index (χ4n) is 3.54. The van der Waals surface area contributed by atoms with E-state index in [1.165, 1.54) is 5.56 Å². The van der Waals surface area contributed by atoms with Crippen molar-refractivity contribution in [3.05, 3.63) is 59.2 Å². The first-order valence-electron chi connectivity index (χ1n) is 9.75. The fourth-order valence-corrected chi connectivity index (χ4v) is 3.54. The molecule has 1 saturated heterocycles. The van der Waals surface area contributed by atoms with E-state index in [0.29, 0.717) is 43.8 Å². The number of amides is 2. The number of ether oxygens (including phenoxy) is 1. The minimum atomic E-state index is -0.0892. The number of hydrogen-bond donors (Lipinski definition) is 1. The Morgan fingerprint density at radius 3 is 2.32 bits per heavy atom. The number of nitrogens with zero attached hydrogens (tertiary/aromatic N) is 1. The second-order valence-corrected chi connectivity index (χ2v) is 7.51. The van der Waals surface area contributed by atoms with Crippen LogP contribution in [0.3, 0.4) is 0 Å². The topological polar surface area (TPSA) is 58.6 Å². The minimum absolute atomic E-state index is 0.00506. The highest BCUT2D eigenvalue weighted by atomic mass is 16.5. The summed E-state index contributed by atoms with van der Waals surface area (Å²) < 4.78 is 5.33. The van der Waals surface area contributed by atoms with Gasteiger partial charge in [-0.1, -0.05) is 35.9 Å². The average molecular weight is 380 g/mol. The Hall–Kier alpha value is -2.82. The van der Waals surface area contributed by atoms with E-state index in [1.54, 1.807) is 7.11 Å². The molecule has 2 aromatic rings. The van der Waals surface area contributed by atoms with Crippen LogP contribution in [0.1, 0.15) is 29.5 Å². The number of carbonyl (C=O) groups is 2. The predicted molar refractivity (Wildman–Crippen MR) is 111 cm³/mol. The van der Waals surface area contributed by atoms with Crippen LogP contribution in [-0.2, 0) is 16.0 Å². The molecule has 1 aliphatic heterocycles. The van der Waals surface area contributed by atoms with Crippen LogP contribution in [0.5, 0.6) is 5.75 Å². The van der Waals surface area contributed by atoms with Gasteiger partial charge in [-0.3, -0.25) is 9.59 Å². The average Bonchev–Trinajstić information content (AvgIpc) is 2.70. The van der Waals surface area contributed by atoms with Gasteiger partial charge in [-0.2, -0.15) is 0 Å². The lowest BCUT2D eigenvalue weighted by atomic mass is 9.95. The molecule has 3 rings (SSSR count). The van der Waals surface area contributed by atoms with Crippen LogP contribution in [0.15, 0.2) is 42.5 Å². The first-order chi connectivity index (χ1) is 13.5. The third kappa shape index (κ3) is 4.91. The van der Waals surface area contributed by atoms with Crippen LogP contribution in [0.25, 0.3) is 0 Å². The second-order valence-electron chi connectivity index (χ2n) is 7.51. The Morgan fingerprint density at radius 2 is 1.68 bits per heavy atom. The number of nitrogens with one attached hydrogen (secondary N) is 1. The lowest BCUT2D eigenvalue weighted by Crippen LogP contribution is -2.42. The van der Waals surface area contributed by atoms with Crippen LogP contribution in [0.2, 0.25) is 0 Å². The van der Waals surface area contributed by atoms with Crippen molar-refractivity contribution in [2.24, 2.45) is 5.92 Å². The van der Waals surface area contributed by atoms with Gasteiger partial charge in [-0.05, 0) is 49.9 Å². The first kappa shape index (κ1) is 19.9. The first-order valence-corrected chi connectivity index (χ1v) is 9.75. The highest BCUT2D eigenvalue weighted by Gasteiger charge is 2.27. The molecule has 2 amide bonds. The van der Waals surface area contributed by atoms with Crippen molar-refractivity contribution in [2.75, 3.05) is 25.5 Å². The summed E-state index contributed by atoms with van der Waals surface area (Å²) in [6, 6.07) is 13.8. The maximum absolute atomic E-state index is 12.7. The number of carbonyl (C=O) groups excluding carboxylic acids is 2.